The van der Waals surface area contributed by atoms with E-state index in [2.05, 4.69) is 9.97 Å². The van der Waals surface area contributed by atoms with Crippen LogP contribution in [0.2, 0.25) is 5.02 Å². The molecule has 158 valence electrons. The van der Waals surface area contributed by atoms with Crippen LogP contribution in [-0.2, 0) is 14.9 Å². The summed E-state index contributed by atoms with van der Waals surface area (Å²) in [6.45, 7) is 4.08. The highest BCUT2D eigenvalue weighted by atomic mass is 35.5. The molecule has 8 heteroatoms. The van der Waals surface area contributed by atoms with E-state index in [1.807, 2.05) is 29.2 Å². The van der Waals surface area contributed by atoms with E-state index in [4.69, 9.17) is 22.1 Å². The Hall–Kier alpha value is -2.51. The summed E-state index contributed by atoms with van der Waals surface area (Å²) in [4.78, 5) is 35.9. The Morgan fingerprint density at radius 3 is 2.57 bits per heavy atom. The van der Waals surface area contributed by atoms with Crippen molar-refractivity contribution in [2.45, 2.75) is 37.5 Å². The average molecular weight is 429 g/mol. The number of hydrogen-bond donors (Lipinski definition) is 1. The van der Waals surface area contributed by atoms with Crippen molar-refractivity contribution >= 4 is 23.4 Å². The topological polar surface area (TPSA) is 98.4 Å². The number of carbonyl (C=O) groups is 2. The van der Waals surface area contributed by atoms with Gasteiger partial charge in [-0.3, -0.25) is 9.59 Å². The van der Waals surface area contributed by atoms with Gasteiger partial charge in [-0.2, -0.15) is 0 Å². The molecule has 1 aromatic carbocycles. The number of rotatable bonds is 4. The fourth-order valence-electron chi connectivity index (χ4n) is 4.50. The lowest BCUT2D eigenvalue weighted by Gasteiger charge is -2.39. The molecule has 0 aliphatic carbocycles. The highest BCUT2D eigenvalue weighted by Crippen LogP contribution is 2.39. The van der Waals surface area contributed by atoms with Crippen molar-refractivity contribution in [1.82, 2.24) is 14.9 Å². The Bertz CT molecular complexity index is 957. The van der Waals surface area contributed by atoms with E-state index in [0.717, 1.165) is 12.0 Å². The summed E-state index contributed by atoms with van der Waals surface area (Å²) in [6.07, 6.45) is 3.57. The predicted octanol–water partition coefficient (Wildman–Crippen LogP) is 2.60. The third-order valence-corrected chi connectivity index (χ3v) is 6.51. The number of halogens is 1. The van der Waals surface area contributed by atoms with Crippen molar-refractivity contribution in [2.75, 3.05) is 26.3 Å². The number of aromatic nitrogens is 2. The summed E-state index contributed by atoms with van der Waals surface area (Å²) >= 11 is 6.07. The van der Waals surface area contributed by atoms with Gasteiger partial charge in [-0.25, -0.2) is 9.97 Å². The highest BCUT2D eigenvalue weighted by Gasteiger charge is 2.45. The normalized spacial score (nSPS) is 20.9. The van der Waals surface area contributed by atoms with Crippen LogP contribution in [0.4, 0.5) is 0 Å². The van der Waals surface area contributed by atoms with Crippen molar-refractivity contribution in [3.8, 4) is 0 Å². The lowest BCUT2D eigenvalue weighted by atomic mass is 9.73. The monoisotopic (exact) mass is 428 g/mol. The first kappa shape index (κ1) is 20.8. The zero-order valence-corrected chi connectivity index (χ0v) is 17.7. The quantitative estimate of drug-likeness (QED) is 0.807. The van der Waals surface area contributed by atoms with Gasteiger partial charge in [-0.05, 0) is 43.9 Å². The van der Waals surface area contributed by atoms with E-state index in [0.29, 0.717) is 61.2 Å². The molecule has 2 amide bonds. The number of likely N-dealkylation sites (tertiary alicyclic amines) is 1. The molecule has 1 atom stereocenters. The summed E-state index contributed by atoms with van der Waals surface area (Å²) in [6, 6.07) is 7.58. The predicted molar refractivity (Wildman–Crippen MR) is 112 cm³/mol. The molecule has 3 heterocycles. The molecule has 2 aliphatic heterocycles. The summed E-state index contributed by atoms with van der Waals surface area (Å²) in [7, 11) is 0. The second kappa shape index (κ2) is 8.32. The zero-order valence-electron chi connectivity index (χ0n) is 16.9. The molecular formula is C22H25ClN4O3. The number of nitrogens with zero attached hydrogens (tertiary/aromatic N) is 3. The number of benzene rings is 1. The molecule has 1 unspecified atom stereocenters. The third-order valence-electron chi connectivity index (χ3n) is 6.26. The maximum Gasteiger partial charge on any atom is 0.252 e. The molecule has 2 aliphatic rings. The summed E-state index contributed by atoms with van der Waals surface area (Å²) in [5.41, 5.74) is 6.64. The van der Waals surface area contributed by atoms with Gasteiger partial charge < -0.3 is 15.4 Å². The van der Waals surface area contributed by atoms with Gasteiger partial charge >= 0.3 is 0 Å². The first-order valence-electron chi connectivity index (χ1n) is 10.2. The third kappa shape index (κ3) is 3.79. The summed E-state index contributed by atoms with van der Waals surface area (Å²) in [5.74, 6) is 0.282. The number of aryl methyl sites for hydroxylation is 1. The van der Waals surface area contributed by atoms with Crippen LogP contribution in [0.1, 0.15) is 52.6 Å². The van der Waals surface area contributed by atoms with E-state index >= 15 is 0 Å². The van der Waals surface area contributed by atoms with Gasteiger partial charge in [0, 0.05) is 43.4 Å². The minimum Gasteiger partial charge on any atom is -0.381 e. The molecule has 1 aromatic heterocycles. The molecule has 0 bridgehead atoms. The van der Waals surface area contributed by atoms with Crippen LogP contribution in [0, 0.1) is 6.92 Å². The molecule has 2 N–H and O–H groups in total. The number of carbonyl (C=O) groups excluding carboxylic acids is 2. The molecule has 0 radical (unpaired) electrons. The van der Waals surface area contributed by atoms with Crippen molar-refractivity contribution in [3.05, 3.63) is 58.1 Å². The van der Waals surface area contributed by atoms with Gasteiger partial charge in [0.25, 0.3) is 5.91 Å². The zero-order chi connectivity index (χ0) is 21.3. The van der Waals surface area contributed by atoms with Crippen LogP contribution in [0.3, 0.4) is 0 Å². The highest BCUT2D eigenvalue weighted by molar-refractivity contribution is 6.30. The largest absolute Gasteiger partial charge is 0.381 e. The van der Waals surface area contributed by atoms with Gasteiger partial charge in [0.15, 0.2) is 0 Å². The first-order valence-corrected chi connectivity index (χ1v) is 10.5. The van der Waals surface area contributed by atoms with Gasteiger partial charge in [0.05, 0.1) is 16.7 Å². The van der Waals surface area contributed by atoms with E-state index in [-0.39, 0.29) is 11.8 Å². The number of nitrogens with two attached hydrogens (primary N) is 1. The summed E-state index contributed by atoms with van der Waals surface area (Å²) < 4.78 is 5.56. The first-order chi connectivity index (χ1) is 14.4. The fourth-order valence-corrected chi connectivity index (χ4v) is 4.62. The summed E-state index contributed by atoms with van der Waals surface area (Å²) in [5, 5.41) is 0.654. The molecule has 0 saturated carbocycles. The number of amides is 2. The van der Waals surface area contributed by atoms with Gasteiger partial charge in [0.2, 0.25) is 5.91 Å². The minimum atomic E-state index is -0.593. The van der Waals surface area contributed by atoms with Crippen LogP contribution in [-0.4, -0.2) is 53.0 Å². The number of hydrogen-bond acceptors (Lipinski definition) is 5. The van der Waals surface area contributed by atoms with Crippen LogP contribution >= 0.6 is 11.6 Å². The van der Waals surface area contributed by atoms with E-state index in [1.54, 1.807) is 6.92 Å². The Morgan fingerprint density at radius 2 is 1.93 bits per heavy atom. The second-order valence-electron chi connectivity index (χ2n) is 8.03. The van der Waals surface area contributed by atoms with E-state index < -0.39 is 11.3 Å². The van der Waals surface area contributed by atoms with Crippen molar-refractivity contribution < 1.29 is 14.3 Å². The Kier molecular flexibility index (Phi) is 5.75. The fraction of sp³-hybridized carbons (Fsp3) is 0.455. The van der Waals surface area contributed by atoms with Crippen molar-refractivity contribution in [2.24, 2.45) is 5.73 Å². The molecule has 4 rings (SSSR count). The second-order valence-corrected chi connectivity index (χ2v) is 8.47. The lowest BCUT2D eigenvalue weighted by Crippen LogP contribution is -2.49. The van der Waals surface area contributed by atoms with Crippen LogP contribution < -0.4 is 5.73 Å². The molecule has 2 aromatic rings. The van der Waals surface area contributed by atoms with Gasteiger partial charge in [-0.15, -0.1) is 0 Å². The van der Waals surface area contributed by atoms with Crippen LogP contribution in [0.15, 0.2) is 30.5 Å². The van der Waals surface area contributed by atoms with Gasteiger partial charge in [-0.1, -0.05) is 23.7 Å². The Balaban J connectivity index is 1.56. The molecule has 2 saturated heterocycles. The molecule has 2 fully saturated rings. The van der Waals surface area contributed by atoms with E-state index in [1.165, 1.54) is 6.20 Å². The maximum absolute atomic E-state index is 13.7. The smallest absolute Gasteiger partial charge is 0.252 e. The van der Waals surface area contributed by atoms with Crippen LogP contribution in [0.5, 0.6) is 0 Å². The maximum atomic E-state index is 13.7. The van der Waals surface area contributed by atoms with Crippen molar-refractivity contribution in [1.29, 1.82) is 0 Å². The number of primary amides is 1. The molecular weight excluding hydrogens is 404 g/mol. The van der Waals surface area contributed by atoms with Crippen LogP contribution in [0.25, 0.3) is 0 Å². The molecule has 30 heavy (non-hydrogen) atoms. The number of ether oxygens (including phenoxy) is 1. The van der Waals surface area contributed by atoms with E-state index in [9.17, 15) is 9.59 Å². The van der Waals surface area contributed by atoms with Crippen molar-refractivity contribution in [3.63, 3.8) is 0 Å². The average Bonchev–Trinajstić information content (AvgIpc) is 3.24. The lowest BCUT2D eigenvalue weighted by molar-refractivity contribution is -0.140. The standard InChI is InChI=1S/C22H25ClN4O3/c1-14-18(19(24)28)12-25-20(26-14)15-6-9-27(13-15)21(29)22(7-10-30-11-8-22)16-2-4-17(23)5-3-16/h2-5,12,15H,6-11,13H2,1H3,(H2,24,28). The molecule has 7 nitrogen and oxygen atoms in total. The Morgan fingerprint density at radius 1 is 1.23 bits per heavy atom. The minimum absolute atomic E-state index is 0.0386. The van der Waals surface area contributed by atoms with Gasteiger partial charge in [0.1, 0.15) is 5.82 Å². The SMILES string of the molecule is Cc1nc(C2CCN(C(=O)C3(c4ccc(Cl)cc4)CCOCC3)C2)ncc1C(N)=O. The Labute approximate surface area is 180 Å². The molecule has 0 spiro atoms.